The van der Waals surface area contributed by atoms with Gasteiger partial charge < -0.3 is 9.84 Å². The Kier molecular flexibility index (Phi) is 6.95. The van der Waals surface area contributed by atoms with E-state index in [1.807, 2.05) is 26.8 Å². The Morgan fingerprint density at radius 2 is 1.62 bits per heavy atom. The number of phenols is 1. The number of benzene rings is 1. The van der Waals surface area contributed by atoms with Gasteiger partial charge in [-0.05, 0) is 66.2 Å². The molecule has 0 aromatic heterocycles. The summed E-state index contributed by atoms with van der Waals surface area (Å²) in [5.41, 5.74) is 3.39. The first-order valence-electron chi connectivity index (χ1n) is 9.67. The Bertz CT molecular complexity index is 648. The number of aromatic hydroxyl groups is 1. The van der Waals surface area contributed by atoms with Crippen molar-refractivity contribution in [3.8, 4) is 5.75 Å². The lowest BCUT2D eigenvalue weighted by Gasteiger charge is -2.28. The maximum Gasteiger partial charge on any atom is 0.313 e. The van der Waals surface area contributed by atoms with E-state index in [1.165, 1.54) is 0 Å². The van der Waals surface area contributed by atoms with Crippen LogP contribution in [-0.4, -0.2) is 17.7 Å². The van der Waals surface area contributed by atoms with Gasteiger partial charge in [0.25, 0.3) is 0 Å². The zero-order valence-electron chi connectivity index (χ0n) is 18.4. The summed E-state index contributed by atoms with van der Waals surface area (Å²) in [4.78, 5) is 12.7. The van der Waals surface area contributed by atoms with E-state index in [9.17, 15) is 9.90 Å². The molecule has 0 saturated heterocycles. The minimum absolute atomic E-state index is 0.0277. The molecule has 3 nitrogen and oxygen atoms in total. The van der Waals surface area contributed by atoms with Gasteiger partial charge in [-0.2, -0.15) is 0 Å². The first-order chi connectivity index (χ1) is 11.7. The van der Waals surface area contributed by atoms with Crippen LogP contribution in [0.3, 0.4) is 0 Å². The van der Waals surface area contributed by atoms with E-state index in [1.54, 1.807) is 0 Å². The summed E-state index contributed by atoms with van der Waals surface area (Å²) in [5, 5.41) is 10.5. The molecule has 0 heterocycles. The van der Waals surface area contributed by atoms with Gasteiger partial charge in [0, 0.05) is 0 Å². The van der Waals surface area contributed by atoms with E-state index in [0.717, 1.165) is 28.7 Å². The lowest BCUT2D eigenvalue weighted by Crippen LogP contribution is -2.26. The summed E-state index contributed by atoms with van der Waals surface area (Å²) < 4.78 is 5.67. The van der Waals surface area contributed by atoms with E-state index < -0.39 is 0 Å². The second-order valence-corrected chi connectivity index (χ2v) is 9.95. The number of esters is 1. The van der Waals surface area contributed by atoms with Crippen molar-refractivity contribution in [2.75, 3.05) is 6.61 Å². The lowest BCUT2D eigenvalue weighted by molar-refractivity contribution is -0.148. The third-order valence-electron chi connectivity index (χ3n) is 5.10. The summed E-state index contributed by atoms with van der Waals surface area (Å²) in [6.07, 6.45) is 1.01. The molecule has 1 aromatic rings. The van der Waals surface area contributed by atoms with Crippen LogP contribution in [0.4, 0.5) is 0 Å². The molecule has 3 heteroatoms. The summed E-state index contributed by atoms with van der Waals surface area (Å²) in [5.74, 6) is 0.343. The van der Waals surface area contributed by atoms with Gasteiger partial charge in [0.2, 0.25) is 0 Å². The molecule has 1 aromatic carbocycles. The van der Waals surface area contributed by atoms with Crippen LogP contribution in [0.5, 0.6) is 5.75 Å². The molecular formula is C23H38O3. The van der Waals surface area contributed by atoms with Crippen molar-refractivity contribution >= 4 is 5.97 Å². The average molecular weight is 363 g/mol. The van der Waals surface area contributed by atoms with Crippen LogP contribution < -0.4 is 0 Å². The van der Waals surface area contributed by atoms with Gasteiger partial charge in [-0.15, -0.1) is 0 Å². The zero-order chi connectivity index (χ0) is 20.4. The topological polar surface area (TPSA) is 46.5 Å². The van der Waals surface area contributed by atoms with E-state index in [0.29, 0.717) is 18.3 Å². The van der Waals surface area contributed by atoms with E-state index in [4.69, 9.17) is 4.74 Å². The van der Waals surface area contributed by atoms with Gasteiger partial charge in [0.1, 0.15) is 5.75 Å². The molecule has 0 aliphatic heterocycles. The van der Waals surface area contributed by atoms with Crippen LogP contribution in [0.2, 0.25) is 0 Å². The number of carbonyl (C=O) groups is 1. The number of phenolic OH excluding ortho intramolecular Hbond substituents is 1. The van der Waals surface area contributed by atoms with Crippen molar-refractivity contribution in [1.82, 2.24) is 0 Å². The molecule has 0 aliphatic rings. The largest absolute Gasteiger partial charge is 0.507 e. The summed E-state index contributed by atoms with van der Waals surface area (Å²) in [6, 6.07) is 1.98. The first kappa shape index (κ1) is 22.5. The monoisotopic (exact) mass is 362 g/mol. The predicted molar refractivity (Wildman–Crippen MR) is 109 cm³/mol. The van der Waals surface area contributed by atoms with Crippen LogP contribution >= 0.6 is 0 Å². The molecule has 0 spiro atoms. The van der Waals surface area contributed by atoms with Crippen LogP contribution in [0.25, 0.3) is 0 Å². The van der Waals surface area contributed by atoms with E-state index >= 15 is 0 Å². The number of rotatable bonds is 6. The standard InChI is InChI=1S/C23H38O3/c1-14(2)12-23(9,10)13-26-21(25)17(5)18-11-19(22(6,7)8)20(24)16(4)15(18)3/h11,14,17,24H,12-13H2,1-10H3. The average Bonchev–Trinajstić information content (AvgIpc) is 2.47. The Labute approximate surface area is 160 Å². The normalized spacial score (nSPS) is 13.8. The van der Waals surface area contributed by atoms with Gasteiger partial charge in [-0.1, -0.05) is 54.5 Å². The van der Waals surface area contributed by atoms with Crippen LogP contribution in [0, 0.1) is 25.2 Å². The van der Waals surface area contributed by atoms with Crippen LogP contribution in [0.1, 0.15) is 90.0 Å². The Morgan fingerprint density at radius 1 is 1.08 bits per heavy atom. The van der Waals surface area contributed by atoms with Gasteiger partial charge in [0.05, 0.1) is 12.5 Å². The molecule has 1 rings (SSSR count). The number of hydrogen-bond acceptors (Lipinski definition) is 3. The highest BCUT2D eigenvalue weighted by Crippen LogP contribution is 2.38. The Hall–Kier alpha value is -1.51. The molecule has 0 amide bonds. The molecule has 26 heavy (non-hydrogen) atoms. The van der Waals surface area contributed by atoms with Crippen molar-refractivity contribution in [1.29, 1.82) is 0 Å². The quantitative estimate of drug-likeness (QED) is 0.629. The first-order valence-corrected chi connectivity index (χ1v) is 9.67. The van der Waals surface area contributed by atoms with Crippen molar-refractivity contribution in [3.63, 3.8) is 0 Å². The fourth-order valence-electron chi connectivity index (χ4n) is 3.63. The molecule has 0 saturated carbocycles. The molecule has 1 unspecified atom stereocenters. The van der Waals surface area contributed by atoms with E-state index in [-0.39, 0.29) is 22.7 Å². The fourth-order valence-corrected chi connectivity index (χ4v) is 3.63. The molecule has 0 aliphatic carbocycles. The van der Waals surface area contributed by atoms with Crippen molar-refractivity contribution in [3.05, 3.63) is 28.3 Å². The van der Waals surface area contributed by atoms with Gasteiger partial charge in [-0.3, -0.25) is 4.79 Å². The van der Waals surface area contributed by atoms with Crippen LogP contribution in [0.15, 0.2) is 6.07 Å². The van der Waals surface area contributed by atoms with Gasteiger partial charge in [-0.25, -0.2) is 0 Å². The highest BCUT2D eigenvalue weighted by Gasteiger charge is 2.28. The fraction of sp³-hybridized carbons (Fsp3) is 0.696. The lowest BCUT2D eigenvalue weighted by atomic mass is 9.80. The van der Waals surface area contributed by atoms with Crippen molar-refractivity contribution in [2.24, 2.45) is 11.3 Å². The third-order valence-corrected chi connectivity index (χ3v) is 5.10. The summed E-state index contributed by atoms with van der Waals surface area (Å²) >= 11 is 0. The summed E-state index contributed by atoms with van der Waals surface area (Å²) in [7, 11) is 0. The van der Waals surface area contributed by atoms with Crippen molar-refractivity contribution < 1.29 is 14.6 Å². The van der Waals surface area contributed by atoms with Crippen molar-refractivity contribution in [2.45, 2.75) is 87.0 Å². The maximum atomic E-state index is 12.7. The molecule has 0 radical (unpaired) electrons. The van der Waals surface area contributed by atoms with E-state index in [2.05, 4.69) is 48.5 Å². The molecule has 1 N–H and O–H groups in total. The predicted octanol–water partition coefficient (Wildman–Crippen LogP) is 6.03. The molecule has 1 atom stereocenters. The second-order valence-electron chi connectivity index (χ2n) is 9.95. The third kappa shape index (κ3) is 5.49. The number of ether oxygens (including phenoxy) is 1. The Balaban J connectivity index is 3.08. The number of carbonyl (C=O) groups excluding carboxylic acids is 1. The van der Waals surface area contributed by atoms with Gasteiger partial charge in [0.15, 0.2) is 0 Å². The minimum Gasteiger partial charge on any atom is -0.507 e. The van der Waals surface area contributed by atoms with Gasteiger partial charge >= 0.3 is 5.97 Å². The number of hydrogen-bond donors (Lipinski definition) is 1. The van der Waals surface area contributed by atoms with Crippen LogP contribution in [-0.2, 0) is 14.9 Å². The zero-order valence-corrected chi connectivity index (χ0v) is 18.4. The minimum atomic E-state index is -0.356. The second kappa shape index (κ2) is 8.02. The SMILES string of the molecule is Cc1c(C(C)C(=O)OCC(C)(C)CC(C)C)cc(C(C)(C)C)c(O)c1C. The molecule has 148 valence electrons. The highest BCUT2D eigenvalue weighted by atomic mass is 16.5. The smallest absolute Gasteiger partial charge is 0.313 e. The maximum absolute atomic E-state index is 12.7. The highest BCUT2D eigenvalue weighted by molar-refractivity contribution is 5.79. The summed E-state index contributed by atoms with van der Waals surface area (Å²) in [6.45, 7) is 21.0. The molecular weight excluding hydrogens is 324 g/mol. The molecule has 0 fully saturated rings. The molecule has 0 bridgehead atoms. The Morgan fingerprint density at radius 3 is 2.08 bits per heavy atom.